The maximum atomic E-state index is 11.8. The molecule has 1 unspecified atom stereocenters. The second kappa shape index (κ2) is 5.10. The lowest BCUT2D eigenvalue weighted by atomic mass is 9.96. The van der Waals surface area contributed by atoms with Gasteiger partial charge in [0.1, 0.15) is 0 Å². The van der Waals surface area contributed by atoms with Gasteiger partial charge in [0.2, 0.25) is 5.91 Å². The average Bonchev–Trinajstić information content (AvgIpc) is 2.89. The predicted octanol–water partition coefficient (Wildman–Crippen LogP) is 2.05. The molecule has 1 amide bonds. The molecule has 2 heterocycles. The van der Waals surface area contributed by atoms with E-state index in [9.17, 15) is 4.79 Å². The fourth-order valence-electron chi connectivity index (χ4n) is 1.84. The molecule has 1 aliphatic rings. The molecule has 0 aromatic carbocycles. The maximum Gasteiger partial charge on any atom is 0.229 e. The van der Waals surface area contributed by atoms with E-state index in [4.69, 9.17) is 4.74 Å². The number of nitrogens with one attached hydrogen (secondary N) is 1. The standard InChI is InChI=1S/C13H21N3O2/c1-13(2,3)12(17)15-10-7-14-16(8-10)9-11-5-4-6-18-11/h7-8,11H,4-6,9H2,1-3H3,(H,15,17). The summed E-state index contributed by atoms with van der Waals surface area (Å²) in [6, 6.07) is 0. The average molecular weight is 251 g/mol. The lowest BCUT2D eigenvalue weighted by molar-refractivity contribution is -0.123. The number of carbonyl (C=O) groups excluding carboxylic acids is 1. The van der Waals surface area contributed by atoms with E-state index in [0.29, 0.717) is 0 Å². The molecule has 1 N–H and O–H groups in total. The van der Waals surface area contributed by atoms with Crippen molar-refractivity contribution in [3.8, 4) is 0 Å². The van der Waals surface area contributed by atoms with Crippen LogP contribution in [0.25, 0.3) is 0 Å². The van der Waals surface area contributed by atoms with Crippen LogP contribution in [0.2, 0.25) is 0 Å². The van der Waals surface area contributed by atoms with Gasteiger partial charge in [0.05, 0.1) is 24.5 Å². The lowest BCUT2D eigenvalue weighted by Crippen LogP contribution is -2.27. The van der Waals surface area contributed by atoms with Crippen LogP contribution in [0.1, 0.15) is 33.6 Å². The third kappa shape index (κ3) is 3.32. The Balaban J connectivity index is 1.91. The molecule has 1 fully saturated rings. The summed E-state index contributed by atoms with van der Waals surface area (Å²) in [6.07, 6.45) is 6.00. The molecule has 1 aromatic heterocycles. The quantitative estimate of drug-likeness (QED) is 0.894. The van der Waals surface area contributed by atoms with E-state index in [0.717, 1.165) is 31.7 Å². The molecule has 1 aliphatic heterocycles. The highest BCUT2D eigenvalue weighted by molar-refractivity contribution is 5.94. The molecule has 1 saturated heterocycles. The number of amides is 1. The summed E-state index contributed by atoms with van der Waals surface area (Å²) in [5, 5.41) is 7.10. The molecular formula is C13H21N3O2. The van der Waals surface area contributed by atoms with Crippen LogP contribution in [0.4, 0.5) is 5.69 Å². The van der Waals surface area contributed by atoms with Gasteiger partial charge in [-0.2, -0.15) is 5.10 Å². The second-order valence-corrected chi connectivity index (χ2v) is 5.79. The first-order valence-corrected chi connectivity index (χ1v) is 6.40. The van der Waals surface area contributed by atoms with Crippen molar-refractivity contribution in [3.05, 3.63) is 12.4 Å². The summed E-state index contributed by atoms with van der Waals surface area (Å²) in [6.45, 7) is 7.27. The number of anilines is 1. The van der Waals surface area contributed by atoms with Crippen LogP contribution in [0.5, 0.6) is 0 Å². The number of rotatable bonds is 3. The summed E-state index contributed by atoms with van der Waals surface area (Å²) < 4.78 is 7.38. The Morgan fingerprint density at radius 2 is 2.39 bits per heavy atom. The third-order valence-electron chi connectivity index (χ3n) is 2.99. The van der Waals surface area contributed by atoms with Gasteiger partial charge in [0.25, 0.3) is 0 Å². The number of ether oxygens (including phenoxy) is 1. The molecule has 5 heteroatoms. The van der Waals surface area contributed by atoms with E-state index in [1.165, 1.54) is 0 Å². The normalized spacial score (nSPS) is 20.1. The number of aromatic nitrogens is 2. The Morgan fingerprint density at radius 3 is 3.00 bits per heavy atom. The van der Waals surface area contributed by atoms with Gasteiger partial charge in [-0.15, -0.1) is 0 Å². The molecule has 1 atom stereocenters. The summed E-state index contributed by atoms with van der Waals surface area (Å²) in [5.74, 6) is -0.000772. The van der Waals surface area contributed by atoms with Gasteiger partial charge in [-0.25, -0.2) is 0 Å². The Bertz CT molecular complexity index is 414. The first-order chi connectivity index (χ1) is 8.45. The SMILES string of the molecule is CC(C)(C)C(=O)Nc1cnn(CC2CCCO2)c1. The van der Waals surface area contributed by atoms with Crippen molar-refractivity contribution in [1.29, 1.82) is 0 Å². The van der Waals surface area contributed by atoms with E-state index in [-0.39, 0.29) is 12.0 Å². The minimum Gasteiger partial charge on any atom is -0.376 e. The number of hydrogen-bond donors (Lipinski definition) is 1. The highest BCUT2D eigenvalue weighted by Crippen LogP contribution is 2.18. The molecule has 18 heavy (non-hydrogen) atoms. The molecule has 0 radical (unpaired) electrons. The van der Waals surface area contributed by atoms with Crippen molar-refractivity contribution in [2.24, 2.45) is 5.41 Å². The van der Waals surface area contributed by atoms with Crippen molar-refractivity contribution in [2.45, 2.75) is 46.3 Å². The lowest BCUT2D eigenvalue weighted by Gasteiger charge is -2.16. The van der Waals surface area contributed by atoms with E-state index in [2.05, 4.69) is 10.4 Å². The van der Waals surface area contributed by atoms with Crippen molar-refractivity contribution in [2.75, 3.05) is 11.9 Å². The highest BCUT2D eigenvalue weighted by atomic mass is 16.5. The van der Waals surface area contributed by atoms with E-state index in [1.54, 1.807) is 6.20 Å². The van der Waals surface area contributed by atoms with Crippen LogP contribution in [0, 0.1) is 5.41 Å². The van der Waals surface area contributed by atoms with Gasteiger partial charge in [-0.3, -0.25) is 9.48 Å². The van der Waals surface area contributed by atoms with Gasteiger partial charge in [-0.05, 0) is 12.8 Å². The zero-order valence-corrected chi connectivity index (χ0v) is 11.3. The summed E-state index contributed by atoms with van der Waals surface area (Å²) in [4.78, 5) is 11.8. The van der Waals surface area contributed by atoms with Crippen LogP contribution < -0.4 is 5.32 Å². The van der Waals surface area contributed by atoms with Crippen LogP contribution in [0.15, 0.2) is 12.4 Å². The van der Waals surface area contributed by atoms with Crippen LogP contribution in [-0.4, -0.2) is 28.4 Å². The Kier molecular flexibility index (Phi) is 3.71. The van der Waals surface area contributed by atoms with Gasteiger partial charge >= 0.3 is 0 Å². The summed E-state index contributed by atoms with van der Waals surface area (Å²) in [7, 11) is 0. The number of nitrogens with zero attached hydrogens (tertiary/aromatic N) is 2. The second-order valence-electron chi connectivity index (χ2n) is 5.79. The van der Waals surface area contributed by atoms with Gasteiger partial charge in [-0.1, -0.05) is 20.8 Å². The minimum absolute atomic E-state index is 0.000772. The van der Waals surface area contributed by atoms with Crippen LogP contribution >= 0.6 is 0 Å². The van der Waals surface area contributed by atoms with Gasteiger partial charge < -0.3 is 10.1 Å². The molecule has 100 valence electrons. The molecular weight excluding hydrogens is 230 g/mol. The predicted molar refractivity (Wildman–Crippen MR) is 69.3 cm³/mol. The number of carbonyl (C=O) groups is 1. The monoisotopic (exact) mass is 251 g/mol. The Hall–Kier alpha value is -1.36. The molecule has 0 aliphatic carbocycles. The fraction of sp³-hybridized carbons (Fsp3) is 0.692. The van der Waals surface area contributed by atoms with Crippen LogP contribution in [0.3, 0.4) is 0 Å². The molecule has 0 bridgehead atoms. The first-order valence-electron chi connectivity index (χ1n) is 6.40. The molecule has 5 nitrogen and oxygen atoms in total. The van der Waals surface area contributed by atoms with E-state index >= 15 is 0 Å². The van der Waals surface area contributed by atoms with Crippen molar-refractivity contribution >= 4 is 11.6 Å². The smallest absolute Gasteiger partial charge is 0.229 e. The summed E-state index contributed by atoms with van der Waals surface area (Å²) in [5.41, 5.74) is 0.351. The van der Waals surface area contributed by atoms with Crippen molar-refractivity contribution in [1.82, 2.24) is 9.78 Å². The first kappa shape index (κ1) is 13.1. The number of hydrogen-bond acceptors (Lipinski definition) is 3. The zero-order chi connectivity index (χ0) is 13.2. The maximum absolute atomic E-state index is 11.8. The molecule has 2 rings (SSSR count). The van der Waals surface area contributed by atoms with Crippen molar-refractivity contribution < 1.29 is 9.53 Å². The molecule has 0 saturated carbocycles. The van der Waals surface area contributed by atoms with E-state index in [1.807, 2.05) is 31.6 Å². The minimum atomic E-state index is -0.392. The molecule has 1 aromatic rings. The third-order valence-corrected chi connectivity index (χ3v) is 2.99. The van der Waals surface area contributed by atoms with Crippen LogP contribution in [-0.2, 0) is 16.1 Å². The fourth-order valence-corrected chi connectivity index (χ4v) is 1.84. The van der Waals surface area contributed by atoms with Crippen molar-refractivity contribution in [3.63, 3.8) is 0 Å². The largest absolute Gasteiger partial charge is 0.376 e. The Labute approximate surface area is 108 Å². The topological polar surface area (TPSA) is 56.2 Å². The summed E-state index contributed by atoms with van der Waals surface area (Å²) >= 11 is 0. The zero-order valence-electron chi connectivity index (χ0n) is 11.3. The van der Waals surface area contributed by atoms with Gasteiger partial charge in [0.15, 0.2) is 0 Å². The highest BCUT2D eigenvalue weighted by Gasteiger charge is 2.22. The van der Waals surface area contributed by atoms with Gasteiger partial charge in [0, 0.05) is 18.2 Å². The van der Waals surface area contributed by atoms with E-state index < -0.39 is 5.41 Å². The Morgan fingerprint density at radius 1 is 1.61 bits per heavy atom. The molecule has 0 spiro atoms.